The predicted molar refractivity (Wildman–Crippen MR) is 104 cm³/mol. The minimum Gasteiger partial charge on any atom is -0.504 e. The molecule has 0 aromatic heterocycles. The van der Waals surface area contributed by atoms with Crippen LogP contribution in [0.25, 0.3) is 6.08 Å². The topological polar surface area (TPSA) is 110 Å². The van der Waals surface area contributed by atoms with Crippen molar-refractivity contribution in [1.82, 2.24) is 10.2 Å². The summed E-state index contributed by atoms with van der Waals surface area (Å²) in [7, 11) is 0. The number of hydrogen-bond donors (Lipinski definition) is 4. The quantitative estimate of drug-likeness (QED) is 0.479. The van der Waals surface area contributed by atoms with Crippen LogP contribution < -0.4 is 5.32 Å². The number of hydrogen-bond acceptors (Lipinski definition) is 5. The van der Waals surface area contributed by atoms with Crippen LogP contribution in [0.15, 0.2) is 48.5 Å². The fourth-order valence-electron chi connectivity index (χ4n) is 3.09. The molecule has 1 saturated heterocycles. The lowest BCUT2D eigenvalue weighted by atomic mass is 10.0. The predicted octanol–water partition coefficient (Wildman–Crippen LogP) is 2.24. The summed E-state index contributed by atoms with van der Waals surface area (Å²) in [6, 6.07) is 11.6. The maximum atomic E-state index is 12.3. The zero-order chi connectivity index (χ0) is 20.1. The average Bonchev–Trinajstić information content (AvgIpc) is 2.71. The Bertz CT molecular complexity index is 864. The van der Waals surface area contributed by atoms with Crippen molar-refractivity contribution in [3.05, 3.63) is 59.7 Å². The van der Waals surface area contributed by atoms with Crippen molar-refractivity contribution < 1.29 is 24.9 Å². The molecule has 28 heavy (non-hydrogen) atoms. The van der Waals surface area contributed by atoms with Gasteiger partial charge in [0.1, 0.15) is 0 Å². The van der Waals surface area contributed by atoms with Gasteiger partial charge < -0.3 is 25.5 Å². The molecule has 4 N–H and O–H groups in total. The van der Waals surface area contributed by atoms with Crippen LogP contribution in [-0.4, -0.2) is 51.2 Å². The molecule has 7 nitrogen and oxygen atoms in total. The number of carbonyl (C=O) groups excluding carboxylic acids is 2. The third kappa shape index (κ3) is 4.62. The molecule has 1 fully saturated rings. The summed E-state index contributed by atoms with van der Waals surface area (Å²) in [4.78, 5) is 26.3. The van der Waals surface area contributed by atoms with Gasteiger partial charge >= 0.3 is 0 Å². The van der Waals surface area contributed by atoms with Gasteiger partial charge in [-0.1, -0.05) is 30.3 Å². The molecular weight excluding hydrogens is 360 g/mol. The monoisotopic (exact) mass is 382 g/mol. The molecule has 0 bridgehead atoms. The van der Waals surface area contributed by atoms with Gasteiger partial charge in [0.2, 0.25) is 5.91 Å². The normalized spacial score (nSPS) is 14.9. The van der Waals surface area contributed by atoms with E-state index < -0.39 is 23.2 Å². The Morgan fingerprint density at radius 3 is 2.21 bits per heavy atom. The number of amides is 2. The molecule has 0 spiro atoms. The Kier molecular flexibility index (Phi) is 5.84. The Morgan fingerprint density at radius 1 is 1.00 bits per heavy atom. The van der Waals surface area contributed by atoms with Crippen molar-refractivity contribution in [2.45, 2.75) is 18.9 Å². The number of phenolic OH excluding ortho intramolecular Hbond substituents is 3. The summed E-state index contributed by atoms with van der Waals surface area (Å²) >= 11 is 0. The van der Waals surface area contributed by atoms with E-state index in [0.717, 1.165) is 17.7 Å². The molecule has 0 aliphatic carbocycles. The first-order chi connectivity index (χ1) is 13.4. The van der Waals surface area contributed by atoms with Crippen LogP contribution in [0.5, 0.6) is 17.2 Å². The number of nitrogens with one attached hydrogen (secondary N) is 1. The summed E-state index contributed by atoms with van der Waals surface area (Å²) in [6.45, 7) is 1.05. The Morgan fingerprint density at radius 2 is 1.61 bits per heavy atom. The summed E-state index contributed by atoms with van der Waals surface area (Å²) in [5.41, 5.74) is 1.01. The maximum absolute atomic E-state index is 12.3. The molecule has 2 aromatic carbocycles. The summed E-state index contributed by atoms with van der Waals surface area (Å²) in [5.74, 6) is -2.31. The van der Waals surface area contributed by atoms with Crippen LogP contribution in [0.1, 0.15) is 28.8 Å². The number of likely N-dealkylation sites (tertiary alicyclic amines) is 1. The van der Waals surface area contributed by atoms with Crippen molar-refractivity contribution in [1.29, 1.82) is 0 Å². The minimum atomic E-state index is -0.660. The highest BCUT2D eigenvalue weighted by Gasteiger charge is 2.24. The fourth-order valence-corrected chi connectivity index (χ4v) is 3.09. The minimum absolute atomic E-state index is 0.0529. The Balaban J connectivity index is 1.52. The van der Waals surface area contributed by atoms with E-state index in [-0.39, 0.29) is 17.5 Å². The lowest BCUT2D eigenvalue weighted by molar-refractivity contribution is -0.127. The van der Waals surface area contributed by atoms with Crippen LogP contribution in [0.3, 0.4) is 0 Å². The molecule has 146 valence electrons. The van der Waals surface area contributed by atoms with E-state index in [9.17, 15) is 24.9 Å². The highest BCUT2D eigenvalue weighted by molar-refractivity contribution is 5.96. The van der Waals surface area contributed by atoms with E-state index in [4.69, 9.17) is 0 Å². The highest BCUT2D eigenvalue weighted by atomic mass is 16.3. The molecule has 1 aliphatic heterocycles. The largest absolute Gasteiger partial charge is 0.504 e. The second kappa shape index (κ2) is 8.47. The van der Waals surface area contributed by atoms with Crippen molar-refractivity contribution in [3.63, 3.8) is 0 Å². The number of piperidine rings is 1. The van der Waals surface area contributed by atoms with Crippen LogP contribution in [0, 0.1) is 0 Å². The van der Waals surface area contributed by atoms with Crippen molar-refractivity contribution in [3.8, 4) is 17.2 Å². The van der Waals surface area contributed by atoms with Gasteiger partial charge in [-0.3, -0.25) is 9.59 Å². The van der Waals surface area contributed by atoms with E-state index in [1.54, 1.807) is 17.1 Å². The van der Waals surface area contributed by atoms with Gasteiger partial charge in [0.15, 0.2) is 17.2 Å². The molecular formula is C21H22N2O5. The van der Waals surface area contributed by atoms with Crippen LogP contribution in [0.2, 0.25) is 0 Å². The van der Waals surface area contributed by atoms with Crippen molar-refractivity contribution in [2.24, 2.45) is 0 Å². The molecule has 1 heterocycles. The molecule has 2 aromatic rings. The molecule has 2 amide bonds. The van der Waals surface area contributed by atoms with Gasteiger partial charge in [0, 0.05) is 30.8 Å². The second-order valence-electron chi connectivity index (χ2n) is 6.68. The lowest BCUT2D eigenvalue weighted by Crippen LogP contribution is -2.46. The molecule has 0 unspecified atom stereocenters. The van der Waals surface area contributed by atoms with Crippen LogP contribution >= 0.6 is 0 Å². The zero-order valence-electron chi connectivity index (χ0n) is 15.2. The average molecular weight is 382 g/mol. The molecule has 0 saturated carbocycles. The molecule has 3 rings (SSSR count). The van der Waals surface area contributed by atoms with E-state index in [0.29, 0.717) is 25.9 Å². The third-order valence-corrected chi connectivity index (χ3v) is 4.69. The Labute approximate surface area is 162 Å². The van der Waals surface area contributed by atoms with Crippen molar-refractivity contribution >= 4 is 17.9 Å². The van der Waals surface area contributed by atoms with Gasteiger partial charge in [-0.05, 0) is 36.6 Å². The fraction of sp³-hybridized carbons (Fsp3) is 0.238. The van der Waals surface area contributed by atoms with Crippen LogP contribution in [-0.2, 0) is 4.79 Å². The number of rotatable bonds is 4. The van der Waals surface area contributed by atoms with Gasteiger partial charge in [0.25, 0.3) is 5.91 Å². The first-order valence-electron chi connectivity index (χ1n) is 9.02. The van der Waals surface area contributed by atoms with Gasteiger partial charge in [0.05, 0.1) is 0 Å². The molecule has 0 atom stereocenters. The second-order valence-corrected chi connectivity index (χ2v) is 6.68. The standard InChI is InChI=1S/C21H22N2O5/c24-17-12-15(13-18(25)20(17)27)21(28)22-16-8-10-23(11-9-16)19(26)7-6-14-4-2-1-3-5-14/h1-7,12-13,16,24-25,27H,8-11H2,(H,22,28)/b7-6+. The number of carbonyl (C=O) groups is 2. The van der Waals surface area contributed by atoms with E-state index in [2.05, 4.69) is 5.32 Å². The molecule has 0 radical (unpaired) electrons. The number of nitrogens with zero attached hydrogens (tertiary/aromatic N) is 1. The molecule has 1 aliphatic rings. The number of benzene rings is 2. The van der Waals surface area contributed by atoms with E-state index in [1.807, 2.05) is 30.3 Å². The van der Waals surface area contributed by atoms with E-state index in [1.165, 1.54) is 0 Å². The summed E-state index contributed by atoms with van der Waals surface area (Å²) in [5, 5.41) is 31.2. The highest BCUT2D eigenvalue weighted by Crippen LogP contribution is 2.35. The zero-order valence-corrected chi connectivity index (χ0v) is 15.2. The first kappa shape index (κ1) is 19.3. The number of phenols is 3. The summed E-state index contributed by atoms with van der Waals surface area (Å²) in [6.07, 6.45) is 4.54. The number of aromatic hydroxyl groups is 3. The van der Waals surface area contributed by atoms with Gasteiger partial charge in [-0.2, -0.15) is 0 Å². The van der Waals surface area contributed by atoms with Gasteiger partial charge in [-0.25, -0.2) is 0 Å². The maximum Gasteiger partial charge on any atom is 0.251 e. The Hall–Kier alpha value is -3.48. The van der Waals surface area contributed by atoms with Crippen molar-refractivity contribution in [2.75, 3.05) is 13.1 Å². The SMILES string of the molecule is O=C(NC1CCN(C(=O)/C=C/c2ccccc2)CC1)c1cc(O)c(O)c(O)c1. The van der Waals surface area contributed by atoms with E-state index >= 15 is 0 Å². The van der Waals surface area contributed by atoms with Crippen LogP contribution in [0.4, 0.5) is 0 Å². The molecule has 7 heteroatoms. The third-order valence-electron chi connectivity index (χ3n) is 4.69. The lowest BCUT2D eigenvalue weighted by Gasteiger charge is -2.31. The summed E-state index contributed by atoms with van der Waals surface area (Å²) < 4.78 is 0. The first-order valence-corrected chi connectivity index (χ1v) is 9.02. The smallest absolute Gasteiger partial charge is 0.251 e. The van der Waals surface area contributed by atoms with Gasteiger partial charge in [-0.15, -0.1) is 0 Å².